The first kappa shape index (κ1) is 25.1. The zero-order valence-corrected chi connectivity index (χ0v) is 20.2. The number of hydrogen-bond acceptors (Lipinski definition) is 5. The second-order valence-electron chi connectivity index (χ2n) is 9.03. The number of benzene rings is 1. The van der Waals surface area contributed by atoms with Crippen LogP contribution < -0.4 is 10.6 Å². The van der Waals surface area contributed by atoms with Gasteiger partial charge < -0.3 is 10.6 Å². The van der Waals surface area contributed by atoms with Gasteiger partial charge in [-0.25, -0.2) is 4.98 Å². The van der Waals surface area contributed by atoms with E-state index in [4.69, 9.17) is 0 Å². The second-order valence-corrected chi connectivity index (χ2v) is 9.03. The quantitative estimate of drug-likeness (QED) is 0.321. The van der Waals surface area contributed by atoms with Gasteiger partial charge in [0, 0.05) is 41.3 Å². The van der Waals surface area contributed by atoms with E-state index in [2.05, 4.69) is 25.6 Å². The molecule has 4 aromatic rings. The molecule has 1 saturated carbocycles. The Kier molecular flexibility index (Phi) is 6.62. The lowest BCUT2D eigenvalue weighted by Gasteiger charge is -2.12. The molecule has 1 aliphatic rings. The molecule has 3 heterocycles. The Bertz CT molecular complexity index is 1530. The fraction of sp³-hybridized carbons (Fsp3) is 0.179. The van der Waals surface area contributed by atoms with E-state index in [1.165, 1.54) is 6.07 Å². The van der Waals surface area contributed by atoms with Crippen LogP contribution in [-0.4, -0.2) is 26.8 Å². The highest BCUT2D eigenvalue weighted by Gasteiger charge is 2.33. The SMILES string of the molecule is Cc1ccc(NC(=O)c2ccnc(C(F)(F)F)c2)cc1-c1ccnc(-c2ccnc(NC(=O)C3CC3)c2)c1. The van der Waals surface area contributed by atoms with Gasteiger partial charge in [0.25, 0.3) is 5.91 Å². The summed E-state index contributed by atoms with van der Waals surface area (Å²) in [4.78, 5) is 36.8. The Labute approximate surface area is 216 Å². The largest absolute Gasteiger partial charge is 0.433 e. The molecule has 2 N–H and O–H groups in total. The summed E-state index contributed by atoms with van der Waals surface area (Å²) in [6.07, 6.45) is 1.37. The first-order valence-electron chi connectivity index (χ1n) is 11.9. The van der Waals surface area contributed by atoms with Gasteiger partial charge in [0.05, 0.1) is 5.69 Å². The van der Waals surface area contributed by atoms with Crippen molar-refractivity contribution in [3.05, 3.63) is 90.0 Å². The highest BCUT2D eigenvalue weighted by Crippen LogP contribution is 2.32. The Morgan fingerprint density at radius 3 is 2.34 bits per heavy atom. The average molecular weight is 518 g/mol. The fourth-order valence-electron chi connectivity index (χ4n) is 3.93. The van der Waals surface area contributed by atoms with Crippen molar-refractivity contribution in [1.82, 2.24) is 15.0 Å². The van der Waals surface area contributed by atoms with Gasteiger partial charge >= 0.3 is 6.18 Å². The molecule has 0 saturated heterocycles. The van der Waals surface area contributed by atoms with Gasteiger partial charge in [-0.3, -0.25) is 19.6 Å². The molecule has 0 spiro atoms. The number of nitrogens with zero attached hydrogens (tertiary/aromatic N) is 3. The number of halogens is 3. The van der Waals surface area contributed by atoms with Crippen LogP contribution in [0.15, 0.2) is 73.2 Å². The molecule has 0 aliphatic heterocycles. The fourth-order valence-corrected chi connectivity index (χ4v) is 3.93. The monoisotopic (exact) mass is 517 g/mol. The minimum absolute atomic E-state index is 0.0350. The summed E-state index contributed by atoms with van der Waals surface area (Å²) >= 11 is 0. The first-order chi connectivity index (χ1) is 18.2. The number of anilines is 2. The van der Waals surface area contributed by atoms with Gasteiger partial charge in [0.1, 0.15) is 11.5 Å². The first-order valence-corrected chi connectivity index (χ1v) is 11.9. The molecule has 7 nitrogen and oxygen atoms in total. The Hall–Kier alpha value is -4.60. The van der Waals surface area contributed by atoms with Crippen molar-refractivity contribution in [2.75, 3.05) is 10.6 Å². The molecule has 0 atom stereocenters. The molecule has 2 amide bonds. The predicted molar refractivity (Wildman–Crippen MR) is 136 cm³/mol. The standard InChI is InChI=1S/C28H22F3N5O2/c1-16-2-5-21(35-27(38)20-8-10-33-24(13-20)28(29,30)31)15-22(16)18-6-9-32-23(12-18)19-7-11-34-25(14-19)36-26(37)17-3-4-17/h2,5-15,17H,3-4H2,1H3,(H,35,38)(H,34,36,37). The van der Waals surface area contributed by atoms with Crippen LogP contribution in [0.3, 0.4) is 0 Å². The summed E-state index contributed by atoms with van der Waals surface area (Å²) in [7, 11) is 0. The number of rotatable bonds is 6. The zero-order valence-electron chi connectivity index (χ0n) is 20.2. The lowest BCUT2D eigenvalue weighted by Crippen LogP contribution is -2.15. The predicted octanol–water partition coefficient (Wildman–Crippen LogP) is 6.13. The van der Waals surface area contributed by atoms with Crippen LogP contribution in [-0.2, 0) is 11.0 Å². The normalized spacial score (nSPS) is 13.2. The maximum absolute atomic E-state index is 13.0. The molecular formula is C28H22F3N5O2. The van der Waals surface area contributed by atoms with E-state index >= 15 is 0 Å². The smallest absolute Gasteiger partial charge is 0.322 e. The summed E-state index contributed by atoms with van der Waals surface area (Å²) in [5.74, 6) is -0.201. The minimum atomic E-state index is -4.65. The average Bonchev–Trinajstić information content (AvgIpc) is 3.75. The maximum Gasteiger partial charge on any atom is 0.433 e. The Morgan fingerprint density at radius 2 is 1.58 bits per heavy atom. The molecule has 1 fully saturated rings. The van der Waals surface area contributed by atoms with Crippen molar-refractivity contribution in [3.63, 3.8) is 0 Å². The Balaban J connectivity index is 1.38. The van der Waals surface area contributed by atoms with Crippen molar-refractivity contribution in [2.45, 2.75) is 25.9 Å². The summed E-state index contributed by atoms with van der Waals surface area (Å²) < 4.78 is 39.0. The van der Waals surface area contributed by atoms with E-state index in [1.807, 2.05) is 25.1 Å². The van der Waals surface area contributed by atoms with Crippen LogP contribution in [0.5, 0.6) is 0 Å². The number of pyridine rings is 3. The lowest BCUT2D eigenvalue weighted by molar-refractivity contribution is -0.141. The highest BCUT2D eigenvalue weighted by atomic mass is 19.4. The molecule has 3 aromatic heterocycles. The molecule has 38 heavy (non-hydrogen) atoms. The molecule has 5 rings (SSSR count). The van der Waals surface area contributed by atoms with E-state index < -0.39 is 17.8 Å². The third-order valence-corrected chi connectivity index (χ3v) is 6.13. The van der Waals surface area contributed by atoms with Crippen LogP contribution >= 0.6 is 0 Å². The van der Waals surface area contributed by atoms with Crippen molar-refractivity contribution in [1.29, 1.82) is 0 Å². The topological polar surface area (TPSA) is 96.9 Å². The molecule has 1 aliphatic carbocycles. The van der Waals surface area contributed by atoms with Gasteiger partial charge in [-0.05, 0) is 85.0 Å². The van der Waals surface area contributed by atoms with Crippen molar-refractivity contribution in [2.24, 2.45) is 5.92 Å². The van der Waals surface area contributed by atoms with Crippen molar-refractivity contribution in [3.8, 4) is 22.4 Å². The molecular weight excluding hydrogens is 495 g/mol. The Morgan fingerprint density at radius 1 is 0.842 bits per heavy atom. The number of aryl methyl sites for hydroxylation is 1. The number of nitrogens with one attached hydrogen (secondary N) is 2. The zero-order chi connectivity index (χ0) is 26.9. The lowest BCUT2D eigenvalue weighted by atomic mass is 9.99. The summed E-state index contributed by atoms with van der Waals surface area (Å²) in [6, 6.07) is 14.5. The van der Waals surface area contributed by atoms with Crippen LogP contribution in [0.25, 0.3) is 22.4 Å². The van der Waals surface area contributed by atoms with E-state index in [0.717, 1.165) is 47.4 Å². The summed E-state index contributed by atoms with van der Waals surface area (Å²) in [5.41, 5.74) is 3.14. The number of carbonyl (C=O) groups is 2. The van der Waals surface area contributed by atoms with E-state index in [9.17, 15) is 22.8 Å². The number of hydrogen-bond donors (Lipinski definition) is 2. The number of amides is 2. The molecule has 0 radical (unpaired) electrons. The number of alkyl halides is 3. The van der Waals surface area contributed by atoms with Crippen LogP contribution in [0.1, 0.15) is 34.5 Å². The van der Waals surface area contributed by atoms with Gasteiger partial charge in [0.2, 0.25) is 5.91 Å². The number of carbonyl (C=O) groups excluding carboxylic acids is 2. The van der Waals surface area contributed by atoms with Gasteiger partial charge in [-0.15, -0.1) is 0 Å². The molecule has 192 valence electrons. The highest BCUT2D eigenvalue weighted by molar-refractivity contribution is 6.04. The third-order valence-electron chi connectivity index (χ3n) is 6.13. The van der Waals surface area contributed by atoms with E-state index in [1.54, 1.807) is 36.7 Å². The van der Waals surface area contributed by atoms with Gasteiger partial charge in [-0.1, -0.05) is 6.07 Å². The van der Waals surface area contributed by atoms with E-state index in [0.29, 0.717) is 17.2 Å². The van der Waals surface area contributed by atoms with Crippen LogP contribution in [0.4, 0.5) is 24.7 Å². The van der Waals surface area contributed by atoms with Crippen molar-refractivity contribution >= 4 is 23.3 Å². The molecule has 10 heteroatoms. The minimum Gasteiger partial charge on any atom is -0.322 e. The molecule has 0 unspecified atom stereocenters. The third kappa shape index (κ3) is 5.69. The van der Waals surface area contributed by atoms with Crippen molar-refractivity contribution < 1.29 is 22.8 Å². The van der Waals surface area contributed by atoms with Crippen LogP contribution in [0.2, 0.25) is 0 Å². The second kappa shape index (κ2) is 10.0. The summed E-state index contributed by atoms with van der Waals surface area (Å²) in [5, 5.41) is 5.50. The van der Waals surface area contributed by atoms with Crippen LogP contribution in [0, 0.1) is 12.8 Å². The summed E-state index contributed by atoms with van der Waals surface area (Å²) in [6.45, 7) is 1.91. The maximum atomic E-state index is 13.0. The molecule has 1 aromatic carbocycles. The van der Waals surface area contributed by atoms with Gasteiger partial charge in [0.15, 0.2) is 0 Å². The number of aromatic nitrogens is 3. The molecule has 0 bridgehead atoms. The van der Waals surface area contributed by atoms with Gasteiger partial charge in [-0.2, -0.15) is 13.2 Å². The van der Waals surface area contributed by atoms with E-state index in [-0.39, 0.29) is 17.4 Å².